The summed E-state index contributed by atoms with van der Waals surface area (Å²) < 4.78 is 24.0. The standard InChI is InChI=1S/C19H26FN3O2.C8H9N.C2H6/c1-3-9-23(10-4-2)16-13-18(21)22-19(14-16)25-12-11-24-17-7-5-15(20)6-8-17;1-7-3-2-4-8(5-7)6-9;1-2/h5-8,13-14H,3-4,9-12H2,1-2H3,(H2,21,22);2-6,9H,1H3;1-2H3. The number of pyridine rings is 1. The van der Waals surface area contributed by atoms with Crippen molar-refractivity contribution in [3.8, 4) is 11.6 Å². The molecule has 0 aliphatic rings. The van der Waals surface area contributed by atoms with Crippen LogP contribution in [0.4, 0.5) is 15.9 Å². The van der Waals surface area contributed by atoms with Crippen LogP contribution in [0.2, 0.25) is 0 Å². The summed E-state index contributed by atoms with van der Waals surface area (Å²) in [6, 6.07) is 17.5. The molecule has 6 nitrogen and oxygen atoms in total. The first kappa shape index (κ1) is 30.4. The Kier molecular flexibility index (Phi) is 15.0. The number of hydrogen-bond donors (Lipinski definition) is 2. The Balaban J connectivity index is 0.000000491. The lowest BCUT2D eigenvalue weighted by Gasteiger charge is -2.24. The van der Waals surface area contributed by atoms with Gasteiger partial charge in [-0.05, 0) is 49.6 Å². The molecule has 2 aromatic carbocycles. The van der Waals surface area contributed by atoms with Gasteiger partial charge in [0.15, 0.2) is 0 Å². The molecule has 0 spiro atoms. The van der Waals surface area contributed by atoms with Crippen molar-refractivity contribution in [3.05, 3.63) is 77.6 Å². The number of benzene rings is 2. The SMILES string of the molecule is CC.CCCN(CCC)c1cc(N)nc(OCCOc2ccc(F)cc2)c1.Cc1cccc(C=N)c1. The normalized spacial score (nSPS) is 9.72. The molecule has 1 heterocycles. The second-order valence-electron chi connectivity index (χ2n) is 7.78. The second-order valence-corrected chi connectivity index (χ2v) is 7.78. The fourth-order valence-corrected chi connectivity index (χ4v) is 3.27. The van der Waals surface area contributed by atoms with E-state index >= 15 is 0 Å². The average molecular weight is 497 g/mol. The molecule has 0 fully saturated rings. The second kappa shape index (κ2) is 17.8. The van der Waals surface area contributed by atoms with Crippen molar-refractivity contribution in [3.63, 3.8) is 0 Å². The van der Waals surface area contributed by atoms with Crippen LogP contribution >= 0.6 is 0 Å². The van der Waals surface area contributed by atoms with Crippen LogP contribution in [0.1, 0.15) is 51.7 Å². The van der Waals surface area contributed by atoms with Gasteiger partial charge in [-0.2, -0.15) is 4.98 Å². The summed E-state index contributed by atoms with van der Waals surface area (Å²) in [4.78, 5) is 6.49. The summed E-state index contributed by atoms with van der Waals surface area (Å²) in [6.07, 6.45) is 3.47. The van der Waals surface area contributed by atoms with E-state index in [-0.39, 0.29) is 5.82 Å². The Hall–Kier alpha value is -3.61. The molecular formula is C29H41FN4O2. The molecule has 0 aliphatic heterocycles. The first-order valence-electron chi connectivity index (χ1n) is 12.6. The highest BCUT2D eigenvalue weighted by Crippen LogP contribution is 2.23. The number of nitrogens with one attached hydrogen (secondary N) is 1. The van der Waals surface area contributed by atoms with Gasteiger partial charge in [0, 0.05) is 37.1 Å². The Morgan fingerprint density at radius 3 is 2.14 bits per heavy atom. The van der Waals surface area contributed by atoms with Crippen LogP contribution < -0.4 is 20.1 Å². The van der Waals surface area contributed by atoms with Crippen LogP contribution in [-0.4, -0.2) is 37.5 Å². The Morgan fingerprint density at radius 1 is 0.944 bits per heavy atom. The number of halogens is 1. The maximum atomic E-state index is 12.8. The quantitative estimate of drug-likeness (QED) is 0.223. The number of rotatable bonds is 11. The molecular weight excluding hydrogens is 455 g/mol. The number of ether oxygens (including phenoxy) is 2. The van der Waals surface area contributed by atoms with E-state index in [2.05, 4.69) is 23.7 Å². The van der Waals surface area contributed by atoms with Gasteiger partial charge in [0.25, 0.3) is 0 Å². The molecule has 0 aliphatic carbocycles. The molecule has 3 rings (SSSR count). The lowest BCUT2D eigenvalue weighted by atomic mass is 10.2. The summed E-state index contributed by atoms with van der Waals surface area (Å²) in [7, 11) is 0. The van der Waals surface area contributed by atoms with Crippen molar-refractivity contribution >= 4 is 17.7 Å². The lowest BCUT2D eigenvalue weighted by Crippen LogP contribution is -2.25. The van der Waals surface area contributed by atoms with Gasteiger partial charge in [-0.25, -0.2) is 4.39 Å². The highest BCUT2D eigenvalue weighted by Gasteiger charge is 2.09. The van der Waals surface area contributed by atoms with Gasteiger partial charge < -0.3 is 25.5 Å². The topological polar surface area (TPSA) is 84.5 Å². The van der Waals surface area contributed by atoms with Crippen LogP contribution in [0.15, 0.2) is 60.7 Å². The third kappa shape index (κ3) is 11.7. The van der Waals surface area contributed by atoms with E-state index in [1.54, 1.807) is 12.1 Å². The molecule has 3 N–H and O–H groups in total. The van der Waals surface area contributed by atoms with Gasteiger partial charge in [0.1, 0.15) is 30.6 Å². The van der Waals surface area contributed by atoms with Crippen molar-refractivity contribution in [1.29, 1.82) is 5.41 Å². The number of nitrogens with zero attached hydrogens (tertiary/aromatic N) is 2. The molecule has 0 bridgehead atoms. The number of anilines is 2. The van der Waals surface area contributed by atoms with Crippen LogP contribution in [0.3, 0.4) is 0 Å². The van der Waals surface area contributed by atoms with Gasteiger partial charge in [0.05, 0.1) is 0 Å². The summed E-state index contributed by atoms with van der Waals surface area (Å²) in [5.41, 5.74) is 9.11. The van der Waals surface area contributed by atoms with Crippen LogP contribution in [0, 0.1) is 18.2 Å². The van der Waals surface area contributed by atoms with Crippen molar-refractivity contribution in [2.45, 2.75) is 47.5 Å². The molecule has 0 saturated carbocycles. The number of aromatic nitrogens is 1. The van der Waals surface area contributed by atoms with Crippen LogP contribution in [-0.2, 0) is 0 Å². The molecule has 1 aromatic heterocycles. The minimum atomic E-state index is -0.288. The van der Waals surface area contributed by atoms with Gasteiger partial charge in [-0.1, -0.05) is 57.5 Å². The van der Waals surface area contributed by atoms with Gasteiger partial charge in [0.2, 0.25) is 5.88 Å². The molecule has 3 aromatic rings. The first-order valence-corrected chi connectivity index (χ1v) is 12.6. The van der Waals surface area contributed by atoms with Crippen molar-refractivity contribution in [2.75, 3.05) is 36.9 Å². The molecule has 0 amide bonds. The molecule has 0 saturated heterocycles. The minimum absolute atomic E-state index is 0.288. The van der Waals surface area contributed by atoms with Crippen molar-refractivity contribution in [1.82, 2.24) is 4.98 Å². The Labute approximate surface area is 215 Å². The van der Waals surface area contributed by atoms with E-state index in [0.717, 1.165) is 37.2 Å². The maximum absolute atomic E-state index is 12.8. The maximum Gasteiger partial charge on any atom is 0.217 e. The van der Waals surface area contributed by atoms with E-state index in [1.807, 2.05) is 57.2 Å². The predicted octanol–water partition coefficient (Wildman–Crippen LogP) is 6.91. The number of nitrogen functional groups attached to an aromatic ring is 1. The number of aryl methyl sites for hydroxylation is 1. The van der Waals surface area contributed by atoms with E-state index in [1.165, 1.54) is 23.9 Å². The zero-order valence-corrected chi connectivity index (χ0v) is 22.3. The minimum Gasteiger partial charge on any atom is -0.490 e. The van der Waals surface area contributed by atoms with Crippen molar-refractivity contribution in [2.24, 2.45) is 0 Å². The molecule has 0 radical (unpaired) electrons. The van der Waals surface area contributed by atoms with Gasteiger partial charge in [-0.3, -0.25) is 0 Å². The zero-order chi connectivity index (χ0) is 26.8. The van der Waals surface area contributed by atoms with Crippen LogP contribution in [0.5, 0.6) is 11.6 Å². The molecule has 7 heteroatoms. The van der Waals surface area contributed by atoms with E-state index in [0.29, 0.717) is 30.7 Å². The predicted molar refractivity (Wildman–Crippen MR) is 149 cm³/mol. The third-order valence-electron chi connectivity index (χ3n) is 4.78. The number of hydrogen-bond acceptors (Lipinski definition) is 6. The average Bonchev–Trinajstić information content (AvgIpc) is 2.89. The first-order chi connectivity index (χ1) is 17.4. The van der Waals surface area contributed by atoms with E-state index in [4.69, 9.17) is 20.6 Å². The zero-order valence-electron chi connectivity index (χ0n) is 22.3. The Bertz CT molecular complexity index is 1010. The van der Waals surface area contributed by atoms with Crippen molar-refractivity contribution < 1.29 is 13.9 Å². The largest absolute Gasteiger partial charge is 0.490 e. The molecule has 196 valence electrons. The third-order valence-corrected chi connectivity index (χ3v) is 4.78. The highest BCUT2D eigenvalue weighted by atomic mass is 19.1. The van der Waals surface area contributed by atoms with E-state index in [9.17, 15) is 4.39 Å². The monoisotopic (exact) mass is 496 g/mol. The van der Waals surface area contributed by atoms with E-state index < -0.39 is 0 Å². The van der Waals surface area contributed by atoms with Crippen LogP contribution in [0.25, 0.3) is 0 Å². The summed E-state index contributed by atoms with van der Waals surface area (Å²) in [6.45, 7) is 12.9. The highest BCUT2D eigenvalue weighted by molar-refractivity contribution is 5.76. The molecule has 0 unspecified atom stereocenters. The summed E-state index contributed by atoms with van der Waals surface area (Å²) in [5, 5.41) is 6.92. The summed E-state index contributed by atoms with van der Waals surface area (Å²) >= 11 is 0. The lowest BCUT2D eigenvalue weighted by molar-refractivity contribution is 0.212. The summed E-state index contributed by atoms with van der Waals surface area (Å²) in [5.74, 6) is 1.23. The molecule has 0 atom stereocenters. The Morgan fingerprint density at radius 2 is 1.58 bits per heavy atom. The van der Waals surface area contributed by atoms with Gasteiger partial charge in [-0.15, -0.1) is 0 Å². The number of nitrogens with two attached hydrogens (primary N) is 1. The fraction of sp³-hybridized carbons (Fsp3) is 0.379. The smallest absolute Gasteiger partial charge is 0.217 e. The van der Waals surface area contributed by atoms with Gasteiger partial charge >= 0.3 is 0 Å². The fourth-order valence-electron chi connectivity index (χ4n) is 3.27. The molecule has 36 heavy (non-hydrogen) atoms.